The highest BCUT2D eigenvalue weighted by atomic mass is 16.4. The number of carboxylic acid groups (broad SMARTS) is 1. The van der Waals surface area contributed by atoms with Crippen LogP contribution >= 0.6 is 0 Å². The normalized spacial score (nSPS) is 12.2. The first kappa shape index (κ1) is 15.4. The molecule has 0 heterocycles. The second kappa shape index (κ2) is 7.61. The van der Waals surface area contributed by atoms with E-state index in [1.54, 1.807) is 6.92 Å². The van der Waals surface area contributed by atoms with Crippen LogP contribution in [0.1, 0.15) is 20.3 Å². The molecule has 0 saturated heterocycles. The summed E-state index contributed by atoms with van der Waals surface area (Å²) in [6, 6.07) is -0.878. The van der Waals surface area contributed by atoms with Crippen LogP contribution in [0.3, 0.4) is 0 Å². The average molecular weight is 245 g/mol. The summed E-state index contributed by atoms with van der Waals surface area (Å²) in [5, 5.41) is 10.7. The first-order valence-corrected chi connectivity index (χ1v) is 5.41. The molecule has 98 valence electrons. The third-order valence-corrected chi connectivity index (χ3v) is 2.32. The number of carboxylic acids is 1. The number of imide groups is 1. The summed E-state index contributed by atoms with van der Waals surface area (Å²) in [6.45, 7) is 4.89. The van der Waals surface area contributed by atoms with Gasteiger partial charge in [-0.1, -0.05) is 13.8 Å². The Morgan fingerprint density at radius 2 is 2.00 bits per heavy atom. The van der Waals surface area contributed by atoms with Gasteiger partial charge in [0.05, 0.1) is 5.92 Å². The summed E-state index contributed by atoms with van der Waals surface area (Å²) in [6.07, 6.45) is 0.114. The van der Waals surface area contributed by atoms with Crippen molar-refractivity contribution in [2.75, 3.05) is 19.6 Å². The summed E-state index contributed by atoms with van der Waals surface area (Å²) < 4.78 is 0. The molecule has 0 radical (unpaired) electrons. The molecule has 7 nitrogen and oxygen atoms in total. The molecule has 0 aliphatic heterocycles. The van der Waals surface area contributed by atoms with Gasteiger partial charge < -0.3 is 15.7 Å². The zero-order chi connectivity index (χ0) is 13.4. The minimum Gasteiger partial charge on any atom is -0.481 e. The fourth-order valence-corrected chi connectivity index (χ4v) is 1.30. The van der Waals surface area contributed by atoms with E-state index in [0.29, 0.717) is 19.6 Å². The van der Waals surface area contributed by atoms with E-state index in [1.165, 1.54) is 0 Å². The highest BCUT2D eigenvalue weighted by Crippen LogP contribution is 2.01. The minimum atomic E-state index is -0.878. The van der Waals surface area contributed by atoms with Gasteiger partial charge in [0.15, 0.2) is 0 Å². The van der Waals surface area contributed by atoms with Crippen molar-refractivity contribution in [2.24, 2.45) is 11.7 Å². The highest BCUT2D eigenvalue weighted by molar-refractivity contribution is 5.93. The Morgan fingerprint density at radius 3 is 2.41 bits per heavy atom. The van der Waals surface area contributed by atoms with Gasteiger partial charge in [-0.2, -0.15) is 0 Å². The van der Waals surface area contributed by atoms with E-state index in [1.807, 2.05) is 17.1 Å². The van der Waals surface area contributed by atoms with Crippen molar-refractivity contribution in [3.63, 3.8) is 0 Å². The lowest BCUT2D eigenvalue weighted by Gasteiger charge is -2.21. The topological polar surface area (TPSA) is 113 Å². The van der Waals surface area contributed by atoms with E-state index >= 15 is 0 Å². The van der Waals surface area contributed by atoms with Crippen LogP contribution in [0.4, 0.5) is 4.79 Å². The van der Waals surface area contributed by atoms with Crippen molar-refractivity contribution >= 4 is 17.9 Å². The number of nitrogens with two attached hydrogens (primary N) is 1. The lowest BCUT2D eigenvalue weighted by atomic mass is 10.1. The maximum atomic E-state index is 11.1. The SMILES string of the molecule is CCN(CCC(=O)NC(N)=O)CC(C)C(=O)O. The number of carbonyl (C=O) groups excluding carboxylic acids is 2. The standard InChI is InChI=1S/C10H19N3O4/c1-3-13(6-7(2)9(15)16)5-4-8(14)12-10(11)17/h7H,3-6H2,1-2H3,(H,15,16)(H3,11,12,14,17). The van der Waals surface area contributed by atoms with Crippen molar-refractivity contribution in [3.8, 4) is 0 Å². The second-order valence-electron chi connectivity index (χ2n) is 3.79. The number of primary amides is 1. The number of nitrogens with zero attached hydrogens (tertiary/aromatic N) is 1. The zero-order valence-corrected chi connectivity index (χ0v) is 10.1. The van der Waals surface area contributed by atoms with Crippen LogP contribution in [0.15, 0.2) is 0 Å². The van der Waals surface area contributed by atoms with Crippen LogP contribution in [0.5, 0.6) is 0 Å². The summed E-state index contributed by atoms with van der Waals surface area (Å²) in [5.41, 5.74) is 4.79. The number of urea groups is 1. The van der Waals surface area contributed by atoms with Crippen molar-refractivity contribution in [3.05, 3.63) is 0 Å². The Labute approximate surface area is 100.0 Å². The van der Waals surface area contributed by atoms with Crippen molar-refractivity contribution in [1.82, 2.24) is 10.2 Å². The third-order valence-electron chi connectivity index (χ3n) is 2.32. The molecule has 0 fully saturated rings. The molecule has 0 rings (SSSR count). The van der Waals surface area contributed by atoms with E-state index in [0.717, 1.165) is 0 Å². The van der Waals surface area contributed by atoms with Gasteiger partial charge in [-0.3, -0.25) is 14.9 Å². The number of amides is 3. The smallest absolute Gasteiger partial charge is 0.318 e. The number of hydrogen-bond donors (Lipinski definition) is 3. The molecule has 4 N–H and O–H groups in total. The Balaban J connectivity index is 4.01. The molecule has 17 heavy (non-hydrogen) atoms. The highest BCUT2D eigenvalue weighted by Gasteiger charge is 2.15. The van der Waals surface area contributed by atoms with Crippen molar-refractivity contribution in [1.29, 1.82) is 0 Å². The van der Waals surface area contributed by atoms with Gasteiger partial charge in [0.25, 0.3) is 0 Å². The molecule has 0 bridgehead atoms. The lowest BCUT2D eigenvalue weighted by Crippen LogP contribution is -2.38. The summed E-state index contributed by atoms with van der Waals surface area (Å²) in [4.78, 5) is 34.0. The van der Waals surface area contributed by atoms with E-state index in [-0.39, 0.29) is 6.42 Å². The van der Waals surface area contributed by atoms with E-state index < -0.39 is 23.8 Å². The molecule has 0 aliphatic rings. The Bertz CT molecular complexity index is 293. The number of nitrogens with one attached hydrogen (secondary N) is 1. The van der Waals surface area contributed by atoms with E-state index in [2.05, 4.69) is 0 Å². The zero-order valence-electron chi connectivity index (χ0n) is 10.1. The molecule has 0 aliphatic carbocycles. The summed E-state index contributed by atoms with van der Waals surface area (Å²) in [7, 11) is 0. The quantitative estimate of drug-likeness (QED) is 0.565. The van der Waals surface area contributed by atoms with Crippen molar-refractivity contribution < 1.29 is 19.5 Å². The van der Waals surface area contributed by atoms with Crippen LogP contribution < -0.4 is 11.1 Å². The third kappa shape index (κ3) is 7.29. The molecule has 0 spiro atoms. The van der Waals surface area contributed by atoms with Gasteiger partial charge in [-0.05, 0) is 6.54 Å². The number of carbonyl (C=O) groups is 3. The first-order chi connectivity index (χ1) is 7.86. The van der Waals surface area contributed by atoms with Gasteiger partial charge in [-0.25, -0.2) is 4.79 Å². The van der Waals surface area contributed by atoms with Gasteiger partial charge in [0.1, 0.15) is 0 Å². The maximum absolute atomic E-state index is 11.1. The van der Waals surface area contributed by atoms with Gasteiger partial charge in [0, 0.05) is 19.5 Å². The average Bonchev–Trinajstić information content (AvgIpc) is 2.22. The molecule has 3 amide bonds. The van der Waals surface area contributed by atoms with Crippen LogP contribution in [0.2, 0.25) is 0 Å². The van der Waals surface area contributed by atoms with Gasteiger partial charge in [-0.15, -0.1) is 0 Å². The number of aliphatic carboxylic acids is 1. The summed E-state index contributed by atoms with van der Waals surface area (Å²) in [5.74, 6) is -1.82. The predicted octanol–water partition coefficient (Wildman–Crippen LogP) is -0.386. The van der Waals surface area contributed by atoms with Gasteiger partial charge >= 0.3 is 12.0 Å². The largest absolute Gasteiger partial charge is 0.481 e. The minimum absolute atomic E-state index is 0.114. The maximum Gasteiger partial charge on any atom is 0.318 e. The molecule has 0 aromatic carbocycles. The fraction of sp³-hybridized carbons (Fsp3) is 0.700. The fourth-order valence-electron chi connectivity index (χ4n) is 1.30. The summed E-state index contributed by atoms with van der Waals surface area (Å²) >= 11 is 0. The van der Waals surface area contributed by atoms with E-state index in [4.69, 9.17) is 10.8 Å². The molecule has 7 heteroatoms. The molecule has 0 aromatic rings. The molecule has 0 aromatic heterocycles. The molecular weight excluding hydrogens is 226 g/mol. The Kier molecular flexibility index (Phi) is 6.88. The molecule has 1 atom stereocenters. The van der Waals surface area contributed by atoms with E-state index in [9.17, 15) is 14.4 Å². The molecule has 0 saturated carbocycles. The van der Waals surface area contributed by atoms with Crippen LogP contribution in [0, 0.1) is 5.92 Å². The first-order valence-electron chi connectivity index (χ1n) is 5.41. The molecular formula is C10H19N3O4. The predicted molar refractivity (Wildman–Crippen MR) is 61.3 cm³/mol. The van der Waals surface area contributed by atoms with Crippen LogP contribution in [-0.4, -0.2) is 47.5 Å². The van der Waals surface area contributed by atoms with Gasteiger partial charge in [0.2, 0.25) is 5.91 Å². The molecule has 1 unspecified atom stereocenters. The lowest BCUT2D eigenvalue weighted by molar-refractivity contribution is -0.141. The second-order valence-corrected chi connectivity index (χ2v) is 3.79. The Morgan fingerprint density at radius 1 is 1.41 bits per heavy atom. The van der Waals surface area contributed by atoms with Crippen LogP contribution in [0.25, 0.3) is 0 Å². The van der Waals surface area contributed by atoms with Crippen molar-refractivity contribution in [2.45, 2.75) is 20.3 Å². The number of hydrogen-bond acceptors (Lipinski definition) is 4. The number of rotatable bonds is 7. The Hall–Kier alpha value is -1.63. The van der Waals surface area contributed by atoms with Crippen LogP contribution in [-0.2, 0) is 9.59 Å². The monoisotopic (exact) mass is 245 g/mol.